The molecule has 2 aromatic rings. The molecule has 1 N–H and O–H groups in total. The fourth-order valence-electron chi connectivity index (χ4n) is 1.43. The van der Waals surface area contributed by atoms with Gasteiger partial charge in [-0.15, -0.1) is 5.10 Å². The van der Waals surface area contributed by atoms with Gasteiger partial charge in [0.05, 0.1) is 0 Å². The van der Waals surface area contributed by atoms with Gasteiger partial charge in [0.25, 0.3) is 0 Å². The van der Waals surface area contributed by atoms with Crippen molar-refractivity contribution in [1.29, 1.82) is 0 Å². The lowest BCUT2D eigenvalue weighted by Gasteiger charge is -1.99. The van der Waals surface area contributed by atoms with Crippen LogP contribution in [0.25, 0.3) is 11.3 Å². The molecular weight excluding hydrogens is 213 g/mol. The number of benzene rings is 1. The van der Waals surface area contributed by atoms with E-state index in [0.717, 1.165) is 4.68 Å². The molecule has 5 nitrogen and oxygen atoms in total. The van der Waals surface area contributed by atoms with Crippen LogP contribution in [0, 0.1) is 5.82 Å². The Morgan fingerprint density at radius 1 is 1.50 bits per heavy atom. The molecule has 2 rings (SSSR count). The van der Waals surface area contributed by atoms with Crippen LogP contribution in [0.3, 0.4) is 0 Å². The summed E-state index contributed by atoms with van der Waals surface area (Å²) in [6.45, 7) is 0. The van der Waals surface area contributed by atoms with E-state index >= 15 is 0 Å². The average molecular weight is 221 g/mol. The number of aromatic nitrogens is 3. The van der Waals surface area contributed by atoms with E-state index in [0.29, 0.717) is 5.56 Å². The molecule has 0 bridgehead atoms. The SMILES string of the molecule is Cn1nnc(-c2cccc(F)c2)c1C(=O)O. The van der Waals surface area contributed by atoms with Crippen molar-refractivity contribution in [1.82, 2.24) is 15.0 Å². The highest BCUT2D eigenvalue weighted by Crippen LogP contribution is 2.21. The van der Waals surface area contributed by atoms with Gasteiger partial charge in [0, 0.05) is 12.6 Å². The number of carboxylic acids is 1. The summed E-state index contributed by atoms with van der Waals surface area (Å²) < 4.78 is 14.1. The third kappa shape index (κ3) is 1.65. The number of nitrogens with zero attached hydrogens (tertiary/aromatic N) is 3. The second kappa shape index (κ2) is 3.73. The topological polar surface area (TPSA) is 68.0 Å². The Bertz CT molecular complexity index is 551. The Morgan fingerprint density at radius 3 is 2.88 bits per heavy atom. The standard InChI is InChI=1S/C10H8FN3O2/c1-14-9(10(15)16)8(12-13-14)6-3-2-4-7(11)5-6/h2-5H,1H3,(H,15,16). The summed E-state index contributed by atoms with van der Waals surface area (Å²) in [5.41, 5.74) is 0.491. The summed E-state index contributed by atoms with van der Waals surface area (Å²) in [5, 5.41) is 16.3. The van der Waals surface area contributed by atoms with E-state index < -0.39 is 11.8 Å². The number of halogens is 1. The number of carboxylic acid groups (broad SMARTS) is 1. The van der Waals surface area contributed by atoms with Crippen molar-refractivity contribution in [2.45, 2.75) is 0 Å². The molecule has 0 aliphatic rings. The summed E-state index contributed by atoms with van der Waals surface area (Å²) in [4.78, 5) is 11.0. The molecule has 0 spiro atoms. The van der Waals surface area contributed by atoms with E-state index in [9.17, 15) is 9.18 Å². The first-order valence-electron chi connectivity index (χ1n) is 4.48. The smallest absolute Gasteiger partial charge is 0.356 e. The van der Waals surface area contributed by atoms with Crippen molar-refractivity contribution < 1.29 is 14.3 Å². The highest BCUT2D eigenvalue weighted by atomic mass is 19.1. The second-order valence-corrected chi connectivity index (χ2v) is 3.23. The first-order chi connectivity index (χ1) is 7.59. The minimum absolute atomic E-state index is 0.0643. The molecule has 1 aromatic carbocycles. The van der Waals surface area contributed by atoms with E-state index in [4.69, 9.17) is 5.11 Å². The minimum Gasteiger partial charge on any atom is -0.476 e. The van der Waals surface area contributed by atoms with Gasteiger partial charge >= 0.3 is 5.97 Å². The second-order valence-electron chi connectivity index (χ2n) is 3.23. The van der Waals surface area contributed by atoms with E-state index in [2.05, 4.69) is 10.3 Å². The zero-order chi connectivity index (χ0) is 11.7. The molecule has 82 valence electrons. The maximum atomic E-state index is 13.0. The van der Waals surface area contributed by atoms with Crippen molar-refractivity contribution in [3.63, 3.8) is 0 Å². The van der Waals surface area contributed by atoms with E-state index in [1.165, 1.54) is 25.2 Å². The van der Waals surface area contributed by atoms with E-state index in [1.54, 1.807) is 6.07 Å². The van der Waals surface area contributed by atoms with Gasteiger partial charge in [-0.05, 0) is 12.1 Å². The van der Waals surface area contributed by atoms with Crippen LogP contribution in [0.5, 0.6) is 0 Å². The molecule has 0 aliphatic carbocycles. The van der Waals surface area contributed by atoms with Crippen molar-refractivity contribution in [3.05, 3.63) is 35.8 Å². The molecule has 1 heterocycles. The zero-order valence-electron chi connectivity index (χ0n) is 8.38. The van der Waals surface area contributed by atoms with Crippen LogP contribution in [-0.2, 0) is 7.05 Å². The third-order valence-corrected chi connectivity index (χ3v) is 2.13. The Balaban J connectivity index is 2.60. The van der Waals surface area contributed by atoms with Gasteiger partial charge in [-0.1, -0.05) is 17.3 Å². The Morgan fingerprint density at radius 2 is 2.25 bits per heavy atom. The minimum atomic E-state index is -1.15. The summed E-state index contributed by atoms with van der Waals surface area (Å²) in [6, 6.07) is 5.57. The molecule has 0 atom stereocenters. The van der Waals surface area contributed by atoms with Gasteiger partial charge in [0.15, 0.2) is 5.69 Å². The molecule has 16 heavy (non-hydrogen) atoms. The normalized spacial score (nSPS) is 10.4. The van der Waals surface area contributed by atoms with Gasteiger partial charge in [0.2, 0.25) is 0 Å². The third-order valence-electron chi connectivity index (χ3n) is 2.13. The monoisotopic (exact) mass is 221 g/mol. The Labute approximate surface area is 90.1 Å². The van der Waals surface area contributed by atoms with Crippen LogP contribution in [-0.4, -0.2) is 26.1 Å². The van der Waals surface area contributed by atoms with Crippen molar-refractivity contribution in [2.24, 2.45) is 7.05 Å². The number of hydrogen-bond acceptors (Lipinski definition) is 3. The molecule has 0 saturated carbocycles. The molecule has 0 amide bonds. The average Bonchev–Trinajstić information content (AvgIpc) is 2.60. The number of aryl methyl sites for hydroxylation is 1. The first-order valence-corrected chi connectivity index (χ1v) is 4.48. The molecular formula is C10H8FN3O2. The summed E-state index contributed by atoms with van der Waals surface area (Å²) in [7, 11) is 1.47. The highest BCUT2D eigenvalue weighted by molar-refractivity contribution is 5.92. The molecule has 0 saturated heterocycles. The lowest BCUT2D eigenvalue weighted by Crippen LogP contribution is -2.06. The molecule has 6 heteroatoms. The number of aromatic carboxylic acids is 1. The number of carbonyl (C=O) groups is 1. The van der Waals surface area contributed by atoms with Crippen molar-refractivity contribution in [3.8, 4) is 11.3 Å². The van der Waals surface area contributed by atoms with Crippen LogP contribution in [0.4, 0.5) is 4.39 Å². The van der Waals surface area contributed by atoms with Crippen LogP contribution < -0.4 is 0 Å². The predicted octanol–water partition coefficient (Wildman–Crippen LogP) is 1.32. The Kier molecular flexibility index (Phi) is 2.40. The van der Waals surface area contributed by atoms with Gasteiger partial charge in [-0.3, -0.25) is 0 Å². The fraction of sp³-hybridized carbons (Fsp3) is 0.100. The number of rotatable bonds is 2. The van der Waals surface area contributed by atoms with Crippen molar-refractivity contribution in [2.75, 3.05) is 0 Å². The quantitative estimate of drug-likeness (QED) is 0.830. The van der Waals surface area contributed by atoms with Gasteiger partial charge in [0.1, 0.15) is 11.5 Å². The lowest BCUT2D eigenvalue weighted by molar-refractivity contribution is 0.0686. The first kappa shape index (κ1) is 10.3. The molecule has 1 aromatic heterocycles. The van der Waals surface area contributed by atoms with E-state index in [1.807, 2.05) is 0 Å². The van der Waals surface area contributed by atoms with Gasteiger partial charge < -0.3 is 5.11 Å². The summed E-state index contributed by atoms with van der Waals surface area (Å²) >= 11 is 0. The van der Waals surface area contributed by atoms with Crippen LogP contribution in [0.1, 0.15) is 10.5 Å². The zero-order valence-corrected chi connectivity index (χ0v) is 8.38. The predicted molar refractivity (Wildman–Crippen MR) is 53.4 cm³/mol. The summed E-state index contributed by atoms with van der Waals surface area (Å²) in [6.07, 6.45) is 0. The molecule has 0 unspecified atom stereocenters. The molecule has 0 fully saturated rings. The van der Waals surface area contributed by atoms with E-state index in [-0.39, 0.29) is 11.4 Å². The molecule has 0 aliphatic heterocycles. The lowest BCUT2D eigenvalue weighted by atomic mass is 10.1. The maximum absolute atomic E-state index is 13.0. The summed E-state index contributed by atoms with van der Waals surface area (Å²) in [5.74, 6) is -1.59. The number of hydrogen-bond donors (Lipinski definition) is 1. The largest absolute Gasteiger partial charge is 0.476 e. The van der Waals surface area contributed by atoms with Crippen molar-refractivity contribution >= 4 is 5.97 Å². The van der Waals surface area contributed by atoms with Gasteiger partial charge in [-0.25, -0.2) is 13.9 Å². The highest BCUT2D eigenvalue weighted by Gasteiger charge is 2.19. The molecule has 0 radical (unpaired) electrons. The van der Waals surface area contributed by atoms with Gasteiger partial charge in [-0.2, -0.15) is 0 Å². The Hall–Kier alpha value is -2.24. The fourth-order valence-corrected chi connectivity index (χ4v) is 1.43. The van der Waals surface area contributed by atoms with Crippen LogP contribution in [0.15, 0.2) is 24.3 Å². The van der Waals surface area contributed by atoms with Crippen LogP contribution >= 0.6 is 0 Å². The maximum Gasteiger partial charge on any atom is 0.356 e. The van der Waals surface area contributed by atoms with Crippen LogP contribution in [0.2, 0.25) is 0 Å².